The Bertz CT molecular complexity index is 246. The Labute approximate surface area is 145 Å². The van der Waals surface area contributed by atoms with Crippen LogP contribution in [0.15, 0.2) is 12.7 Å². The molecule has 0 atom stereocenters. The number of allylic oxidation sites excluding steroid dienone is 1. The van der Waals surface area contributed by atoms with Gasteiger partial charge < -0.3 is 5.11 Å². The van der Waals surface area contributed by atoms with Crippen molar-refractivity contribution in [3.8, 4) is 0 Å². The van der Waals surface area contributed by atoms with E-state index >= 15 is 0 Å². The lowest BCUT2D eigenvalue weighted by atomic mass is 10.0. The van der Waals surface area contributed by atoms with Gasteiger partial charge in [0.25, 0.3) is 0 Å². The van der Waals surface area contributed by atoms with Crippen LogP contribution >= 0.6 is 0 Å². The molecule has 0 saturated heterocycles. The van der Waals surface area contributed by atoms with Gasteiger partial charge in [0, 0.05) is 6.42 Å². The smallest absolute Gasteiger partial charge is 0.303 e. The molecule has 0 radical (unpaired) electrons. The fraction of sp³-hybridized carbons (Fsp3) is 0.857. The van der Waals surface area contributed by atoms with Gasteiger partial charge >= 0.3 is 5.97 Å². The first-order valence-corrected chi connectivity index (χ1v) is 9.83. The molecule has 0 rings (SSSR count). The van der Waals surface area contributed by atoms with Crippen molar-refractivity contribution in [1.29, 1.82) is 0 Å². The molecule has 0 heterocycles. The molecule has 0 bridgehead atoms. The highest BCUT2D eigenvalue weighted by Gasteiger charge is 1.97. The molecule has 0 aromatic rings. The number of aliphatic carboxylic acids is 1. The number of carbonyl (C=O) groups is 1. The predicted molar refractivity (Wildman–Crippen MR) is 103 cm³/mol. The van der Waals surface area contributed by atoms with Crippen molar-refractivity contribution in [2.75, 3.05) is 0 Å². The molecular weight excluding hydrogens is 284 g/mol. The quantitative estimate of drug-likeness (QED) is 0.252. The van der Waals surface area contributed by atoms with Crippen molar-refractivity contribution in [2.24, 2.45) is 5.92 Å². The second-order valence-corrected chi connectivity index (χ2v) is 6.98. The van der Waals surface area contributed by atoms with Gasteiger partial charge in [-0.2, -0.15) is 0 Å². The van der Waals surface area contributed by atoms with Gasteiger partial charge in [-0.05, 0) is 19.3 Å². The molecule has 1 N–H and O–H groups in total. The average molecular weight is 327 g/mol. The van der Waals surface area contributed by atoms with E-state index in [-0.39, 0.29) is 0 Å². The molecule has 0 spiro atoms. The average Bonchev–Trinajstić information content (AvgIpc) is 2.48. The van der Waals surface area contributed by atoms with Crippen LogP contribution in [-0.4, -0.2) is 11.1 Å². The molecule has 0 aromatic heterocycles. The summed E-state index contributed by atoms with van der Waals surface area (Å²) in [5.41, 5.74) is 0. The molecular formula is C21H42O2. The lowest BCUT2D eigenvalue weighted by Gasteiger charge is -2.04. The molecule has 2 nitrogen and oxygen atoms in total. The Kier molecular flexibility index (Phi) is 22.6. The van der Waals surface area contributed by atoms with Crippen molar-refractivity contribution in [2.45, 2.75) is 111 Å². The second-order valence-electron chi connectivity index (χ2n) is 6.98. The molecule has 2 heteroatoms. The van der Waals surface area contributed by atoms with Crippen LogP contribution in [0.2, 0.25) is 0 Å². The zero-order chi connectivity index (χ0) is 17.8. The summed E-state index contributed by atoms with van der Waals surface area (Å²) >= 11 is 0. The summed E-state index contributed by atoms with van der Waals surface area (Å²) in [7, 11) is 0. The topological polar surface area (TPSA) is 37.3 Å². The third kappa shape index (κ3) is 29.8. The van der Waals surface area contributed by atoms with Crippen molar-refractivity contribution < 1.29 is 9.90 Å². The third-order valence-corrected chi connectivity index (χ3v) is 3.92. The van der Waals surface area contributed by atoms with Crippen LogP contribution in [0.5, 0.6) is 0 Å². The highest BCUT2D eigenvalue weighted by atomic mass is 16.4. The Hall–Kier alpha value is -0.790. The Morgan fingerprint density at radius 2 is 1.13 bits per heavy atom. The van der Waals surface area contributed by atoms with Crippen LogP contribution in [0.1, 0.15) is 111 Å². The highest BCUT2D eigenvalue weighted by molar-refractivity contribution is 5.66. The van der Waals surface area contributed by atoms with Gasteiger partial charge in [0.2, 0.25) is 0 Å². The maximum absolute atomic E-state index is 10.3. The maximum Gasteiger partial charge on any atom is 0.303 e. The van der Waals surface area contributed by atoms with Gasteiger partial charge in [-0.25, -0.2) is 0 Å². The van der Waals surface area contributed by atoms with E-state index in [2.05, 4.69) is 20.4 Å². The minimum absolute atomic E-state index is 0.344. The Morgan fingerprint density at radius 1 is 0.826 bits per heavy atom. The molecule has 0 aliphatic carbocycles. The second kappa shape index (κ2) is 21.2. The molecule has 0 saturated carbocycles. The number of carboxylic acids is 1. The minimum atomic E-state index is -0.654. The van der Waals surface area contributed by atoms with Gasteiger partial charge in [-0.3, -0.25) is 4.79 Å². The van der Waals surface area contributed by atoms with E-state index in [9.17, 15) is 4.79 Å². The summed E-state index contributed by atoms with van der Waals surface area (Å²) in [5.74, 6) is 0.212. The highest BCUT2D eigenvalue weighted by Crippen LogP contribution is 2.14. The number of carboxylic acid groups (broad SMARTS) is 1. The third-order valence-electron chi connectivity index (χ3n) is 3.92. The van der Waals surface area contributed by atoms with E-state index in [1.807, 2.05) is 6.92 Å². The maximum atomic E-state index is 10.3. The zero-order valence-corrected chi connectivity index (χ0v) is 16.1. The Morgan fingerprint density at radius 3 is 1.43 bits per heavy atom. The summed E-state index contributed by atoms with van der Waals surface area (Å²) in [5, 5.41) is 8.52. The van der Waals surface area contributed by atoms with Crippen molar-refractivity contribution >= 4 is 5.97 Å². The summed E-state index contributed by atoms with van der Waals surface area (Å²) in [4.78, 5) is 10.3. The fourth-order valence-electron chi connectivity index (χ4n) is 2.60. The first-order chi connectivity index (χ1) is 11.0. The minimum Gasteiger partial charge on any atom is -0.481 e. The Balaban J connectivity index is 0. The van der Waals surface area contributed by atoms with Crippen LogP contribution in [0.4, 0.5) is 0 Å². The van der Waals surface area contributed by atoms with Crippen LogP contribution < -0.4 is 0 Å². The first kappa shape index (κ1) is 24.5. The van der Waals surface area contributed by atoms with E-state index in [4.69, 9.17) is 5.11 Å². The summed E-state index contributed by atoms with van der Waals surface area (Å²) in [6, 6.07) is 0. The number of hydrogen-bond acceptors (Lipinski definition) is 1. The van der Waals surface area contributed by atoms with Crippen molar-refractivity contribution in [3.63, 3.8) is 0 Å². The standard InChI is InChI=1S/C18H36O2.C3H6/c1-17(2)15-13-11-9-7-5-3-4-6-8-10-12-14-16-18(19)20;1-3-2/h17H,3-16H2,1-2H3,(H,19,20);3H,1H2,2H3. The summed E-state index contributed by atoms with van der Waals surface area (Å²) < 4.78 is 0. The molecule has 0 amide bonds. The van der Waals surface area contributed by atoms with E-state index in [0.717, 1.165) is 18.8 Å². The predicted octanol–water partition coefficient (Wildman–Crippen LogP) is 7.38. The first-order valence-electron chi connectivity index (χ1n) is 9.83. The van der Waals surface area contributed by atoms with Crippen molar-refractivity contribution in [3.05, 3.63) is 12.7 Å². The van der Waals surface area contributed by atoms with Crippen LogP contribution in [0, 0.1) is 5.92 Å². The molecule has 0 aliphatic heterocycles. The SMILES string of the molecule is C=CC.CC(C)CCCCCCCCCCCCCCC(=O)O. The van der Waals surface area contributed by atoms with Crippen LogP contribution in [-0.2, 0) is 4.79 Å². The van der Waals surface area contributed by atoms with E-state index in [1.165, 1.54) is 70.6 Å². The summed E-state index contributed by atoms with van der Waals surface area (Å²) in [6.45, 7) is 9.86. The number of rotatable bonds is 15. The van der Waals surface area contributed by atoms with Gasteiger partial charge in [0.1, 0.15) is 0 Å². The van der Waals surface area contributed by atoms with Gasteiger partial charge in [-0.15, -0.1) is 6.58 Å². The number of hydrogen-bond donors (Lipinski definition) is 1. The van der Waals surface area contributed by atoms with Crippen molar-refractivity contribution in [1.82, 2.24) is 0 Å². The zero-order valence-electron chi connectivity index (χ0n) is 16.1. The van der Waals surface area contributed by atoms with E-state index in [0.29, 0.717) is 6.42 Å². The van der Waals surface area contributed by atoms with E-state index in [1.54, 1.807) is 6.08 Å². The van der Waals surface area contributed by atoms with Gasteiger partial charge in [0.05, 0.1) is 0 Å². The van der Waals surface area contributed by atoms with Gasteiger partial charge in [-0.1, -0.05) is 97.0 Å². The van der Waals surface area contributed by atoms with E-state index < -0.39 is 5.97 Å². The van der Waals surface area contributed by atoms with Crippen LogP contribution in [0.3, 0.4) is 0 Å². The molecule has 0 fully saturated rings. The summed E-state index contributed by atoms with van der Waals surface area (Å²) in [6.07, 6.45) is 19.1. The lowest BCUT2D eigenvalue weighted by molar-refractivity contribution is -0.137. The largest absolute Gasteiger partial charge is 0.481 e. The molecule has 0 aromatic carbocycles. The lowest BCUT2D eigenvalue weighted by Crippen LogP contribution is -1.93. The normalized spacial score (nSPS) is 10.3. The molecule has 23 heavy (non-hydrogen) atoms. The molecule has 0 unspecified atom stereocenters. The fourth-order valence-corrected chi connectivity index (χ4v) is 2.60. The molecule has 0 aliphatic rings. The molecule has 138 valence electrons. The monoisotopic (exact) mass is 326 g/mol. The van der Waals surface area contributed by atoms with Gasteiger partial charge in [0.15, 0.2) is 0 Å². The number of unbranched alkanes of at least 4 members (excludes halogenated alkanes) is 11. The van der Waals surface area contributed by atoms with Crippen LogP contribution in [0.25, 0.3) is 0 Å².